The van der Waals surface area contributed by atoms with Crippen molar-refractivity contribution in [2.45, 2.75) is 18.8 Å². The third-order valence-corrected chi connectivity index (χ3v) is 3.00. The monoisotopic (exact) mass is 218 g/mol. The zero-order chi connectivity index (χ0) is 11.0. The van der Waals surface area contributed by atoms with Crippen LogP contribution in [0.15, 0.2) is 22.6 Å². The third kappa shape index (κ3) is 1.65. The van der Waals surface area contributed by atoms with E-state index < -0.39 is 0 Å². The maximum absolute atomic E-state index is 5.74. The molecule has 0 amide bonds. The van der Waals surface area contributed by atoms with Gasteiger partial charge in [0.2, 0.25) is 0 Å². The average molecular weight is 218 g/mol. The molecule has 16 heavy (non-hydrogen) atoms. The molecule has 1 aromatic heterocycles. The Balaban J connectivity index is 1.97. The van der Waals surface area contributed by atoms with Crippen molar-refractivity contribution in [1.29, 1.82) is 0 Å². The normalized spacial score (nSPS) is 18.0. The van der Waals surface area contributed by atoms with Crippen LogP contribution in [-0.2, 0) is 4.74 Å². The Hall–Kier alpha value is -1.55. The minimum atomic E-state index is 0.391. The molecule has 2 N–H and O–H groups in total. The van der Waals surface area contributed by atoms with Crippen molar-refractivity contribution >= 4 is 16.8 Å². The van der Waals surface area contributed by atoms with Crippen LogP contribution >= 0.6 is 0 Å². The Morgan fingerprint density at radius 3 is 2.88 bits per heavy atom. The minimum Gasteiger partial charge on any atom is -0.440 e. The SMILES string of the molecule is Nc1ccc2oc(C3CCOCC3)nc2c1. The van der Waals surface area contributed by atoms with Crippen LogP contribution in [0.2, 0.25) is 0 Å². The second-order valence-electron chi connectivity index (χ2n) is 4.17. The summed E-state index contributed by atoms with van der Waals surface area (Å²) in [4.78, 5) is 4.50. The average Bonchev–Trinajstić information content (AvgIpc) is 2.73. The molecule has 0 radical (unpaired) electrons. The molecule has 1 saturated heterocycles. The van der Waals surface area contributed by atoms with E-state index in [-0.39, 0.29) is 0 Å². The van der Waals surface area contributed by atoms with E-state index in [0.29, 0.717) is 5.92 Å². The second kappa shape index (κ2) is 3.79. The molecule has 2 aromatic rings. The molecule has 2 heterocycles. The van der Waals surface area contributed by atoms with E-state index in [4.69, 9.17) is 14.9 Å². The van der Waals surface area contributed by atoms with Gasteiger partial charge in [0, 0.05) is 24.8 Å². The molecule has 4 heteroatoms. The van der Waals surface area contributed by atoms with Crippen LogP contribution in [0.3, 0.4) is 0 Å². The molecule has 1 aliphatic heterocycles. The first kappa shape index (κ1) is 9.66. The van der Waals surface area contributed by atoms with E-state index in [1.165, 1.54) is 0 Å². The van der Waals surface area contributed by atoms with Gasteiger partial charge in [-0.15, -0.1) is 0 Å². The van der Waals surface area contributed by atoms with E-state index in [2.05, 4.69) is 4.98 Å². The van der Waals surface area contributed by atoms with Gasteiger partial charge in [0.1, 0.15) is 5.52 Å². The lowest BCUT2D eigenvalue weighted by atomic mass is 10.0. The largest absolute Gasteiger partial charge is 0.440 e. The maximum Gasteiger partial charge on any atom is 0.198 e. The Morgan fingerprint density at radius 2 is 2.06 bits per heavy atom. The van der Waals surface area contributed by atoms with Crippen molar-refractivity contribution in [3.8, 4) is 0 Å². The van der Waals surface area contributed by atoms with Gasteiger partial charge in [-0.1, -0.05) is 0 Å². The molecule has 0 bridgehead atoms. The first-order chi connectivity index (χ1) is 7.83. The highest BCUT2D eigenvalue weighted by atomic mass is 16.5. The third-order valence-electron chi connectivity index (χ3n) is 3.00. The summed E-state index contributed by atoms with van der Waals surface area (Å²) in [6.07, 6.45) is 1.98. The van der Waals surface area contributed by atoms with Crippen LogP contribution in [0.1, 0.15) is 24.7 Å². The number of hydrogen-bond acceptors (Lipinski definition) is 4. The number of hydrogen-bond donors (Lipinski definition) is 1. The highest BCUT2D eigenvalue weighted by Gasteiger charge is 2.21. The number of rotatable bonds is 1. The number of aromatic nitrogens is 1. The fraction of sp³-hybridized carbons (Fsp3) is 0.417. The van der Waals surface area contributed by atoms with E-state index in [0.717, 1.165) is 48.7 Å². The Kier molecular flexibility index (Phi) is 2.29. The molecule has 0 spiro atoms. The molecular weight excluding hydrogens is 204 g/mol. The van der Waals surface area contributed by atoms with Crippen LogP contribution in [0, 0.1) is 0 Å². The van der Waals surface area contributed by atoms with Crippen LogP contribution < -0.4 is 5.73 Å². The van der Waals surface area contributed by atoms with Gasteiger partial charge >= 0.3 is 0 Å². The first-order valence-corrected chi connectivity index (χ1v) is 5.56. The zero-order valence-corrected chi connectivity index (χ0v) is 8.98. The molecular formula is C12H14N2O2. The number of benzene rings is 1. The van der Waals surface area contributed by atoms with Crippen molar-refractivity contribution in [3.05, 3.63) is 24.1 Å². The summed E-state index contributed by atoms with van der Waals surface area (Å²) in [6, 6.07) is 5.56. The predicted molar refractivity (Wildman–Crippen MR) is 61.2 cm³/mol. The minimum absolute atomic E-state index is 0.391. The van der Waals surface area contributed by atoms with Gasteiger partial charge in [-0.3, -0.25) is 0 Å². The fourth-order valence-electron chi connectivity index (χ4n) is 2.08. The molecule has 1 fully saturated rings. The van der Waals surface area contributed by atoms with Gasteiger partial charge < -0.3 is 14.9 Å². The molecule has 0 atom stereocenters. The van der Waals surface area contributed by atoms with Crippen LogP contribution in [0.4, 0.5) is 5.69 Å². The van der Waals surface area contributed by atoms with E-state index in [1.54, 1.807) is 0 Å². The molecule has 0 aliphatic carbocycles. The second-order valence-corrected chi connectivity index (χ2v) is 4.17. The van der Waals surface area contributed by atoms with Gasteiger partial charge in [0.25, 0.3) is 0 Å². The number of nitrogen functional groups attached to an aromatic ring is 1. The molecule has 0 saturated carbocycles. The maximum atomic E-state index is 5.74. The molecule has 4 nitrogen and oxygen atoms in total. The fourth-order valence-corrected chi connectivity index (χ4v) is 2.08. The number of nitrogens with two attached hydrogens (primary N) is 1. The number of ether oxygens (including phenoxy) is 1. The summed E-state index contributed by atoms with van der Waals surface area (Å²) in [5.74, 6) is 1.21. The zero-order valence-electron chi connectivity index (χ0n) is 8.98. The van der Waals surface area contributed by atoms with Crippen LogP contribution in [0.5, 0.6) is 0 Å². The standard InChI is InChI=1S/C12H14N2O2/c13-9-1-2-11-10(7-9)14-12(16-11)8-3-5-15-6-4-8/h1-2,7-8H,3-6,13H2. The van der Waals surface area contributed by atoms with E-state index in [1.807, 2.05) is 18.2 Å². The molecule has 0 unspecified atom stereocenters. The summed E-state index contributed by atoms with van der Waals surface area (Å²) < 4.78 is 11.1. The van der Waals surface area contributed by atoms with Crippen molar-refractivity contribution < 1.29 is 9.15 Å². The summed E-state index contributed by atoms with van der Waals surface area (Å²) in [7, 11) is 0. The van der Waals surface area contributed by atoms with Crippen LogP contribution in [-0.4, -0.2) is 18.2 Å². The van der Waals surface area contributed by atoms with Gasteiger partial charge in [0.15, 0.2) is 11.5 Å². The first-order valence-electron chi connectivity index (χ1n) is 5.56. The summed E-state index contributed by atoms with van der Waals surface area (Å²) >= 11 is 0. The number of oxazole rings is 1. The van der Waals surface area contributed by atoms with Gasteiger partial charge in [-0.2, -0.15) is 0 Å². The molecule has 84 valence electrons. The molecule has 3 rings (SSSR count). The smallest absolute Gasteiger partial charge is 0.198 e. The number of fused-ring (bicyclic) bond motifs is 1. The predicted octanol–water partition coefficient (Wildman–Crippen LogP) is 2.30. The quantitative estimate of drug-likeness (QED) is 0.746. The Morgan fingerprint density at radius 1 is 1.25 bits per heavy atom. The number of nitrogens with zero attached hydrogens (tertiary/aromatic N) is 1. The van der Waals surface area contributed by atoms with Gasteiger partial charge in [-0.05, 0) is 31.0 Å². The van der Waals surface area contributed by atoms with Gasteiger partial charge in [0.05, 0.1) is 0 Å². The van der Waals surface area contributed by atoms with Crippen molar-refractivity contribution in [2.24, 2.45) is 0 Å². The van der Waals surface area contributed by atoms with Crippen LogP contribution in [0.25, 0.3) is 11.1 Å². The van der Waals surface area contributed by atoms with Crippen molar-refractivity contribution in [1.82, 2.24) is 4.98 Å². The summed E-state index contributed by atoms with van der Waals surface area (Å²) in [6.45, 7) is 1.59. The van der Waals surface area contributed by atoms with E-state index >= 15 is 0 Å². The van der Waals surface area contributed by atoms with E-state index in [9.17, 15) is 0 Å². The summed E-state index contributed by atoms with van der Waals surface area (Å²) in [5, 5.41) is 0. The lowest BCUT2D eigenvalue weighted by Crippen LogP contribution is -2.14. The number of anilines is 1. The highest BCUT2D eigenvalue weighted by molar-refractivity contribution is 5.76. The lowest BCUT2D eigenvalue weighted by Gasteiger charge is -2.18. The van der Waals surface area contributed by atoms with Crippen molar-refractivity contribution in [2.75, 3.05) is 18.9 Å². The molecule has 1 aliphatic rings. The summed E-state index contributed by atoms with van der Waals surface area (Å²) in [5.41, 5.74) is 8.10. The van der Waals surface area contributed by atoms with Gasteiger partial charge in [-0.25, -0.2) is 4.98 Å². The highest BCUT2D eigenvalue weighted by Crippen LogP contribution is 2.29. The van der Waals surface area contributed by atoms with Crippen molar-refractivity contribution in [3.63, 3.8) is 0 Å². The Labute approximate surface area is 93.4 Å². The molecule has 1 aromatic carbocycles. The topological polar surface area (TPSA) is 61.3 Å². The Bertz CT molecular complexity index is 501. The lowest BCUT2D eigenvalue weighted by molar-refractivity contribution is 0.0798.